The molecule has 0 bridgehead atoms. The average Bonchev–Trinajstić information content (AvgIpc) is 3.50. The molecule has 3 N–H and O–H groups in total. The predicted molar refractivity (Wildman–Crippen MR) is 121 cm³/mol. The van der Waals surface area contributed by atoms with Crippen LogP contribution in [0.25, 0.3) is 22.0 Å². The van der Waals surface area contributed by atoms with Gasteiger partial charge in [0.25, 0.3) is 5.91 Å². The second-order valence-corrected chi connectivity index (χ2v) is 8.35. The second-order valence-electron chi connectivity index (χ2n) is 7.49. The SMILES string of the molecule is CCOC1CC(n2cc(NC(=O)c3csc(-c4cnn(N)c4)n3)c(-c3ccccn3)n2)C1. The summed E-state index contributed by atoms with van der Waals surface area (Å²) in [4.78, 5) is 23.0. The van der Waals surface area contributed by atoms with Crippen molar-refractivity contribution in [2.24, 2.45) is 0 Å². The summed E-state index contributed by atoms with van der Waals surface area (Å²) in [7, 11) is 0. The van der Waals surface area contributed by atoms with E-state index in [-0.39, 0.29) is 18.1 Å². The Balaban J connectivity index is 1.38. The Morgan fingerprint density at radius 2 is 2.22 bits per heavy atom. The van der Waals surface area contributed by atoms with Crippen molar-refractivity contribution in [3.63, 3.8) is 0 Å². The molecule has 10 nitrogen and oxygen atoms in total. The summed E-state index contributed by atoms with van der Waals surface area (Å²) in [5, 5.41) is 14.0. The minimum Gasteiger partial charge on any atom is -0.378 e. The number of hydrogen-bond donors (Lipinski definition) is 2. The smallest absolute Gasteiger partial charge is 0.275 e. The van der Waals surface area contributed by atoms with Gasteiger partial charge in [-0.2, -0.15) is 15.0 Å². The van der Waals surface area contributed by atoms with Gasteiger partial charge in [0.05, 0.1) is 41.5 Å². The third-order valence-corrected chi connectivity index (χ3v) is 6.21. The lowest BCUT2D eigenvalue weighted by molar-refractivity contribution is -0.0226. The highest BCUT2D eigenvalue weighted by molar-refractivity contribution is 7.13. The van der Waals surface area contributed by atoms with Gasteiger partial charge in [-0.3, -0.25) is 14.5 Å². The molecule has 5 rings (SSSR count). The first-order chi connectivity index (χ1) is 15.6. The van der Waals surface area contributed by atoms with Crippen LogP contribution in [0.4, 0.5) is 5.69 Å². The molecule has 1 amide bonds. The quantitative estimate of drug-likeness (QED) is 0.415. The van der Waals surface area contributed by atoms with Gasteiger partial charge in [0, 0.05) is 24.4 Å². The molecule has 0 saturated heterocycles. The van der Waals surface area contributed by atoms with Crippen molar-refractivity contribution >= 4 is 22.9 Å². The number of rotatable bonds is 7. The summed E-state index contributed by atoms with van der Waals surface area (Å²) in [6, 6.07) is 5.85. The first-order valence-electron chi connectivity index (χ1n) is 10.3. The van der Waals surface area contributed by atoms with E-state index in [9.17, 15) is 4.79 Å². The van der Waals surface area contributed by atoms with Gasteiger partial charge >= 0.3 is 0 Å². The summed E-state index contributed by atoms with van der Waals surface area (Å²) < 4.78 is 7.57. The highest BCUT2D eigenvalue weighted by Crippen LogP contribution is 2.37. The van der Waals surface area contributed by atoms with Gasteiger partial charge in [-0.05, 0) is 31.9 Å². The Kier molecular flexibility index (Phi) is 5.41. The Morgan fingerprint density at radius 1 is 1.34 bits per heavy atom. The lowest BCUT2D eigenvalue weighted by Gasteiger charge is -2.34. The number of nitrogens with one attached hydrogen (secondary N) is 1. The third-order valence-electron chi connectivity index (χ3n) is 5.32. The highest BCUT2D eigenvalue weighted by atomic mass is 32.1. The maximum atomic E-state index is 13.0. The lowest BCUT2D eigenvalue weighted by Crippen LogP contribution is -2.33. The van der Waals surface area contributed by atoms with Gasteiger partial charge in [0.1, 0.15) is 16.4 Å². The minimum absolute atomic E-state index is 0.235. The number of ether oxygens (including phenoxy) is 1. The highest BCUT2D eigenvalue weighted by Gasteiger charge is 2.32. The van der Waals surface area contributed by atoms with Gasteiger partial charge in [-0.25, -0.2) is 4.98 Å². The Morgan fingerprint density at radius 3 is 2.94 bits per heavy atom. The van der Waals surface area contributed by atoms with Gasteiger partial charge < -0.3 is 15.9 Å². The van der Waals surface area contributed by atoms with Gasteiger partial charge in [-0.15, -0.1) is 11.3 Å². The van der Waals surface area contributed by atoms with E-state index in [0.717, 1.165) is 18.4 Å². The fraction of sp³-hybridized carbons (Fsp3) is 0.286. The second kappa shape index (κ2) is 8.52. The fourth-order valence-corrected chi connectivity index (χ4v) is 4.41. The number of anilines is 1. The number of nitrogens with two attached hydrogens (primary N) is 1. The first kappa shape index (κ1) is 20.3. The number of hydrogen-bond acceptors (Lipinski definition) is 8. The van der Waals surface area contributed by atoms with Crippen LogP contribution in [-0.2, 0) is 4.74 Å². The van der Waals surface area contributed by atoms with E-state index in [1.807, 2.05) is 36.0 Å². The molecule has 32 heavy (non-hydrogen) atoms. The molecule has 4 heterocycles. The largest absolute Gasteiger partial charge is 0.378 e. The fourth-order valence-electron chi connectivity index (χ4n) is 3.63. The summed E-state index contributed by atoms with van der Waals surface area (Å²) in [6.07, 6.45) is 8.88. The first-order valence-corrected chi connectivity index (χ1v) is 11.2. The Labute approximate surface area is 188 Å². The van der Waals surface area contributed by atoms with E-state index in [2.05, 4.69) is 20.4 Å². The summed E-state index contributed by atoms with van der Waals surface area (Å²) in [6.45, 7) is 2.71. The molecule has 4 aromatic heterocycles. The Hall–Kier alpha value is -3.57. The van der Waals surface area contributed by atoms with Crippen LogP contribution in [0, 0.1) is 0 Å². The number of carbonyl (C=O) groups excluding carboxylic acids is 1. The normalized spacial score (nSPS) is 17.8. The van der Waals surface area contributed by atoms with Crippen LogP contribution in [0.2, 0.25) is 0 Å². The molecule has 0 atom stereocenters. The molecule has 0 radical (unpaired) electrons. The van der Waals surface area contributed by atoms with Gasteiger partial charge in [0.2, 0.25) is 0 Å². The monoisotopic (exact) mass is 450 g/mol. The van der Waals surface area contributed by atoms with Crippen molar-refractivity contribution in [1.82, 2.24) is 29.6 Å². The van der Waals surface area contributed by atoms with Gasteiger partial charge in [-0.1, -0.05) is 6.07 Å². The summed E-state index contributed by atoms with van der Waals surface area (Å²) in [5.74, 6) is 5.29. The van der Waals surface area contributed by atoms with Crippen LogP contribution in [0.5, 0.6) is 0 Å². The van der Waals surface area contributed by atoms with Crippen molar-refractivity contribution in [3.05, 3.63) is 54.1 Å². The van der Waals surface area contributed by atoms with Crippen LogP contribution < -0.4 is 11.2 Å². The number of thiazole rings is 1. The molecule has 11 heteroatoms. The van der Waals surface area contributed by atoms with Gasteiger partial charge in [0.15, 0.2) is 0 Å². The molecule has 1 aliphatic rings. The average molecular weight is 451 g/mol. The van der Waals surface area contributed by atoms with Crippen LogP contribution >= 0.6 is 11.3 Å². The zero-order valence-electron chi connectivity index (χ0n) is 17.4. The molecule has 0 aromatic carbocycles. The van der Waals surface area contributed by atoms with Crippen molar-refractivity contribution in [2.75, 3.05) is 17.8 Å². The van der Waals surface area contributed by atoms with E-state index in [1.54, 1.807) is 24.0 Å². The van der Waals surface area contributed by atoms with Crippen LogP contribution in [0.3, 0.4) is 0 Å². The molecule has 1 saturated carbocycles. The third kappa shape index (κ3) is 3.99. The molecule has 164 valence electrons. The van der Waals surface area contributed by atoms with E-state index in [1.165, 1.54) is 16.1 Å². The lowest BCUT2D eigenvalue weighted by atomic mass is 9.89. The summed E-state index contributed by atoms with van der Waals surface area (Å²) in [5.41, 5.74) is 2.98. The topological polar surface area (TPSA) is 126 Å². The summed E-state index contributed by atoms with van der Waals surface area (Å²) >= 11 is 1.36. The van der Waals surface area contributed by atoms with E-state index >= 15 is 0 Å². The number of amides is 1. The standard InChI is InChI=1S/C21H22N8O2S/c1-2-31-15-7-14(8-15)28-11-17(19(27-28)16-5-3-4-6-23-16)25-20(30)18-12-32-21(26-18)13-9-24-29(22)10-13/h3-6,9-12,14-15H,2,7-8,22H2,1H3,(H,25,30). The number of carbonyl (C=O) groups is 1. The minimum atomic E-state index is -0.315. The molecule has 1 fully saturated rings. The molecule has 1 aliphatic carbocycles. The van der Waals surface area contributed by atoms with E-state index < -0.39 is 0 Å². The van der Waals surface area contributed by atoms with Crippen molar-refractivity contribution in [2.45, 2.75) is 31.9 Å². The van der Waals surface area contributed by atoms with E-state index in [0.29, 0.717) is 34.4 Å². The number of nitrogens with zero attached hydrogens (tertiary/aromatic N) is 6. The van der Waals surface area contributed by atoms with E-state index in [4.69, 9.17) is 15.7 Å². The number of nitrogen functional groups attached to an aromatic ring is 1. The zero-order valence-corrected chi connectivity index (χ0v) is 18.2. The van der Waals surface area contributed by atoms with Crippen molar-refractivity contribution in [3.8, 4) is 22.0 Å². The molecule has 0 aliphatic heterocycles. The molecule has 0 spiro atoms. The van der Waals surface area contributed by atoms with Crippen LogP contribution in [0.15, 0.2) is 48.4 Å². The zero-order chi connectivity index (χ0) is 22.1. The maximum absolute atomic E-state index is 13.0. The van der Waals surface area contributed by atoms with Crippen molar-refractivity contribution in [1.29, 1.82) is 0 Å². The number of aromatic nitrogens is 6. The van der Waals surface area contributed by atoms with Crippen LogP contribution in [-0.4, -0.2) is 48.3 Å². The molecular formula is C21H22N8O2S. The predicted octanol–water partition coefficient (Wildman–Crippen LogP) is 2.97. The maximum Gasteiger partial charge on any atom is 0.275 e. The van der Waals surface area contributed by atoms with Crippen LogP contribution in [0.1, 0.15) is 36.3 Å². The molecule has 4 aromatic rings. The Bertz CT molecular complexity index is 1230. The molecular weight excluding hydrogens is 428 g/mol. The number of pyridine rings is 1. The van der Waals surface area contributed by atoms with Crippen molar-refractivity contribution < 1.29 is 9.53 Å². The molecule has 0 unspecified atom stereocenters.